The fourth-order valence-electron chi connectivity index (χ4n) is 0.759. The van der Waals surface area contributed by atoms with Gasteiger partial charge in [0.1, 0.15) is 0 Å². The summed E-state index contributed by atoms with van der Waals surface area (Å²) >= 11 is 0. The molecule has 4 heteroatoms. The number of halogens is 1. The van der Waals surface area contributed by atoms with Crippen molar-refractivity contribution >= 4 is 0 Å². The second-order valence-electron chi connectivity index (χ2n) is 2.62. The second-order valence-corrected chi connectivity index (χ2v) is 2.62. The van der Waals surface area contributed by atoms with Gasteiger partial charge < -0.3 is 5.11 Å². The molecule has 0 radical (unpaired) electrons. The lowest BCUT2D eigenvalue weighted by molar-refractivity contribution is 0.132. The molecule has 0 aliphatic heterocycles. The summed E-state index contributed by atoms with van der Waals surface area (Å²) in [6, 6.07) is -0.181. The fraction of sp³-hybridized carbons (Fsp3) is 0.571. The average Bonchev–Trinajstić information content (AvgIpc) is 2.34. The summed E-state index contributed by atoms with van der Waals surface area (Å²) in [5.41, 5.74) is 0. The molecule has 0 fully saturated rings. The third-order valence-corrected chi connectivity index (χ3v) is 1.69. The molecule has 1 aromatic heterocycles. The van der Waals surface area contributed by atoms with Crippen molar-refractivity contribution in [1.29, 1.82) is 0 Å². The quantitative estimate of drug-likeness (QED) is 0.696. The summed E-state index contributed by atoms with van der Waals surface area (Å²) in [6.45, 7) is 3.42. The highest BCUT2D eigenvalue weighted by molar-refractivity contribution is 4.86. The van der Waals surface area contributed by atoms with Gasteiger partial charge in [0.15, 0.2) is 5.82 Å². The third kappa shape index (κ3) is 1.77. The molecule has 0 aliphatic carbocycles. The van der Waals surface area contributed by atoms with Crippen molar-refractivity contribution in [2.24, 2.45) is 0 Å². The Bertz CT molecular complexity index is 234. The van der Waals surface area contributed by atoms with Gasteiger partial charge in [0.25, 0.3) is 0 Å². The van der Waals surface area contributed by atoms with Crippen molar-refractivity contribution in [2.75, 3.05) is 0 Å². The van der Waals surface area contributed by atoms with Crippen LogP contribution in [-0.4, -0.2) is 21.0 Å². The van der Waals surface area contributed by atoms with E-state index in [1.165, 1.54) is 10.9 Å². The molecule has 62 valence electrons. The van der Waals surface area contributed by atoms with Crippen LogP contribution < -0.4 is 0 Å². The summed E-state index contributed by atoms with van der Waals surface area (Å²) in [5, 5.41) is 12.8. The van der Waals surface area contributed by atoms with E-state index in [9.17, 15) is 4.39 Å². The first-order valence-electron chi connectivity index (χ1n) is 3.49. The zero-order valence-electron chi connectivity index (χ0n) is 6.53. The molecule has 2 atom stereocenters. The van der Waals surface area contributed by atoms with Gasteiger partial charge in [-0.3, -0.25) is 4.68 Å². The molecule has 0 amide bonds. The second kappa shape index (κ2) is 3.00. The zero-order chi connectivity index (χ0) is 8.43. The van der Waals surface area contributed by atoms with E-state index < -0.39 is 6.10 Å². The molecule has 0 spiro atoms. The van der Waals surface area contributed by atoms with E-state index in [1.54, 1.807) is 13.8 Å². The Morgan fingerprint density at radius 3 is 2.64 bits per heavy atom. The van der Waals surface area contributed by atoms with E-state index in [2.05, 4.69) is 5.10 Å². The SMILES string of the molecule is CC(O)C(C)n1cc(F)cn1. The molecule has 0 aliphatic rings. The van der Waals surface area contributed by atoms with E-state index in [0.29, 0.717) is 0 Å². The van der Waals surface area contributed by atoms with Gasteiger partial charge in [0, 0.05) is 0 Å². The van der Waals surface area contributed by atoms with Crippen LogP contribution in [0.2, 0.25) is 0 Å². The van der Waals surface area contributed by atoms with Crippen molar-refractivity contribution < 1.29 is 9.50 Å². The molecule has 0 saturated carbocycles. The highest BCUT2D eigenvalue weighted by Crippen LogP contribution is 2.09. The van der Waals surface area contributed by atoms with Crippen molar-refractivity contribution in [3.8, 4) is 0 Å². The molecule has 1 aromatic rings. The van der Waals surface area contributed by atoms with E-state index in [4.69, 9.17) is 5.11 Å². The summed E-state index contributed by atoms with van der Waals surface area (Å²) in [6.07, 6.45) is 1.87. The molecule has 1 rings (SSSR count). The molecule has 0 aromatic carbocycles. The first-order chi connectivity index (χ1) is 5.11. The number of hydrogen-bond donors (Lipinski definition) is 1. The van der Waals surface area contributed by atoms with Crippen LogP contribution in [0.3, 0.4) is 0 Å². The van der Waals surface area contributed by atoms with Crippen LogP contribution in [-0.2, 0) is 0 Å². The molecule has 2 unspecified atom stereocenters. The van der Waals surface area contributed by atoms with Crippen LogP contribution in [0.1, 0.15) is 19.9 Å². The van der Waals surface area contributed by atoms with Crippen molar-refractivity contribution in [3.63, 3.8) is 0 Å². The largest absolute Gasteiger partial charge is 0.391 e. The summed E-state index contributed by atoms with van der Waals surface area (Å²) in [4.78, 5) is 0. The zero-order valence-corrected chi connectivity index (χ0v) is 6.53. The van der Waals surface area contributed by atoms with Gasteiger partial charge in [-0.15, -0.1) is 0 Å². The van der Waals surface area contributed by atoms with Crippen molar-refractivity contribution in [2.45, 2.75) is 26.0 Å². The lowest BCUT2D eigenvalue weighted by atomic mass is 10.2. The highest BCUT2D eigenvalue weighted by Gasteiger charge is 2.11. The molecular formula is C7H11FN2O. The standard InChI is InChI=1S/C7H11FN2O/c1-5(6(2)11)10-4-7(8)3-9-10/h3-6,11H,1-2H3. The maximum absolute atomic E-state index is 12.4. The van der Waals surface area contributed by atoms with Gasteiger partial charge in [-0.25, -0.2) is 4.39 Å². The minimum absolute atomic E-state index is 0.181. The Balaban J connectivity index is 2.76. The minimum atomic E-state index is -0.519. The number of aliphatic hydroxyl groups is 1. The van der Waals surface area contributed by atoms with Crippen LogP contribution in [0.15, 0.2) is 12.4 Å². The van der Waals surface area contributed by atoms with Crippen molar-refractivity contribution in [1.82, 2.24) is 9.78 Å². The van der Waals surface area contributed by atoms with E-state index in [-0.39, 0.29) is 11.9 Å². The number of aromatic nitrogens is 2. The Labute approximate surface area is 64.5 Å². The summed E-state index contributed by atoms with van der Waals surface area (Å²) < 4.78 is 13.8. The third-order valence-electron chi connectivity index (χ3n) is 1.69. The summed E-state index contributed by atoms with van der Waals surface area (Å²) in [7, 11) is 0. The topological polar surface area (TPSA) is 38.0 Å². The molecule has 1 N–H and O–H groups in total. The minimum Gasteiger partial charge on any atom is -0.391 e. The van der Waals surface area contributed by atoms with Gasteiger partial charge in [-0.1, -0.05) is 0 Å². The van der Waals surface area contributed by atoms with Gasteiger partial charge in [-0.05, 0) is 13.8 Å². The van der Waals surface area contributed by atoms with E-state index >= 15 is 0 Å². The van der Waals surface area contributed by atoms with Gasteiger partial charge in [0.2, 0.25) is 0 Å². The van der Waals surface area contributed by atoms with E-state index in [0.717, 1.165) is 6.20 Å². The first-order valence-corrected chi connectivity index (χ1v) is 3.49. The Hall–Kier alpha value is -0.900. The maximum Gasteiger partial charge on any atom is 0.161 e. The van der Waals surface area contributed by atoms with Crippen LogP contribution in [0.5, 0.6) is 0 Å². The molecule has 11 heavy (non-hydrogen) atoms. The number of nitrogens with zero attached hydrogens (tertiary/aromatic N) is 2. The van der Waals surface area contributed by atoms with Crippen LogP contribution in [0, 0.1) is 5.82 Å². The normalized spacial score (nSPS) is 16.4. The van der Waals surface area contributed by atoms with Crippen LogP contribution >= 0.6 is 0 Å². The lowest BCUT2D eigenvalue weighted by Gasteiger charge is -2.14. The van der Waals surface area contributed by atoms with E-state index in [1.807, 2.05) is 0 Å². The Morgan fingerprint density at radius 2 is 2.27 bits per heavy atom. The number of hydrogen-bond acceptors (Lipinski definition) is 2. The molecule has 1 heterocycles. The molecule has 0 saturated heterocycles. The highest BCUT2D eigenvalue weighted by atomic mass is 19.1. The van der Waals surface area contributed by atoms with Gasteiger partial charge in [0.05, 0.1) is 24.5 Å². The molecule has 0 bridgehead atoms. The van der Waals surface area contributed by atoms with Crippen LogP contribution in [0.25, 0.3) is 0 Å². The smallest absolute Gasteiger partial charge is 0.161 e. The predicted molar refractivity (Wildman–Crippen MR) is 38.6 cm³/mol. The van der Waals surface area contributed by atoms with Crippen LogP contribution in [0.4, 0.5) is 4.39 Å². The Kier molecular flexibility index (Phi) is 2.24. The van der Waals surface area contributed by atoms with Gasteiger partial charge in [-0.2, -0.15) is 5.10 Å². The Morgan fingerprint density at radius 1 is 1.64 bits per heavy atom. The molecular weight excluding hydrogens is 147 g/mol. The first kappa shape index (κ1) is 8.20. The average molecular weight is 158 g/mol. The van der Waals surface area contributed by atoms with Crippen molar-refractivity contribution in [3.05, 3.63) is 18.2 Å². The monoisotopic (exact) mass is 158 g/mol. The predicted octanol–water partition coefficient (Wildman–Crippen LogP) is 0.964. The number of rotatable bonds is 2. The fourth-order valence-corrected chi connectivity index (χ4v) is 0.759. The molecule has 3 nitrogen and oxygen atoms in total. The summed E-state index contributed by atoms with van der Waals surface area (Å²) in [5.74, 6) is -0.377. The van der Waals surface area contributed by atoms with Gasteiger partial charge >= 0.3 is 0 Å². The maximum atomic E-state index is 12.4. The lowest BCUT2D eigenvalue weighted by Crippen LogP contribution is -2.18. The number of aliphatic hydroxyl groups excluding tert-OH is 1.